The molecule has 1 aromatic carbocycles. The van der Waals surface area contributed by atoms with E-state index >= 15 is 0 Å². The number of aromatic nitrogens is 1. The smallest absolute Gasteiger partial charge is 0.317 e. The molecule has 2 aromatic rings. The number of urea groups is 1. The summed E-state index contributed by atoms with van der Waals surface area (Å²) in [7, 11) is 0. The number of amides is 2. The van der Waals surface area contributed by atoms with Crippen LogP contribution in [-0.4, -0.2) is 29.0 Å². The number of piperidine rings is 1. The van der Waals surface area contributed by atoms with Crippen LogP contribution in [-0.2, 0) is 13.0 Å². The Kier molecular flexibility index (Phi) is 5.47. The third kappa shape index (κ3) is 4.57. The molecule has 0 radical (unpaired) electrons. The topological polar surface area (TPSA) is 45.2 Å². The highest BCUT2D eigenvalue weighted by Crippen LogP contribution is 2.21. The summed E-state index contributed by atoms with van der Waals surface area (Å²) in [6.45, 7) is 4.36. The highest BCUT2D eigenvalue weighted by Gasteiger charge is 2.23. The normalized spacial score (nSPS) is 17.5. The van der Waals surface area contributed by atoms with E-state index in [4.69, 9.17) is 0 Å². The van der Waals surface area contributed by atoms with E-state index < -0.39 is 0 Å². The molecule has 1 aromatic heterocycles. The lowest BCUT2D eigenvalue weighted by atomic mass is 9.91. The average molecular weight is 323 g/mol. The Bertz CT molecular complexity index is 654. The van der Waals surface area contributed by atoms with Crippen LogP contribution < -0.4 is 5.32 Å². The van der Waals surface area contributed by atoms with Gasteiger partial charge >= 0.3 is 6.03 Å². The number of likely N-dealkylation sites (tertiary alicyclic amines) is 1. The first-order chi connectivity index (χ1) is 11.7. The number of benzene rings is 1. The fraction of sp³-hybridized carbons (Fsp3) is 0.400. The molecule has 0 saturated carbocycles. The summed E-state index contributed by atoms with van der Waals surface area (Å²) in [4.78, 5) is 18.4. The molecule has 126 valence electrons. The maximum absolute atomic E-state index is 12.4. The maximum atomic E-state index is 12.4. The van der Waals surface area contributed by atoms with Gasteiger partial charge in [-0.05, 0) is 55.4 Å². The zero-order valence-corrected chi connectivity index (χ0v) is 14.2. The van der Waals surface area contributed by atoms with Crippen molar-refractivity contribution in [3.05, 3.63) is 65.5 Å². The van der Waals surface area contributed by atoms with E-state index in [1.807, 2.05) is 17.0 Å². The van der Waals surface area contributed by atoms with E-state index in [2.05, 4.69) is 41.5 Å². The van der Waals surface area contributed by atoms with Gasteiger partial charge in [-0.15, -0.1) is 0 Å². The van der Waals surface area contributed by atoms with Crippen LogP contribution in [0.3, 0.4) is 0 Å². The van der Waals surface area contributed by atoms with Crippen molar-refractivity contribution in [1.29, 1.82) is 0 Å². The number of hydrogen-bond donors (Lipinski definition) is 1. The largest absolute Gasteiger partial charge is 0.334 e. The third-order valence-corrected chi connectivity index (χ3v) is 4.64. The molecule has 3 rings (SSSR count). The summed E-state index contributed by atoms with van der Waals surface area (Å²) in [5.74, 6) is 0.549. The van der Waals surface area contributed by atoms with Gasteiger partial charge in [-0.25, -0.2) is 4.79 Å². The first-order valence-electron chi connectivity index (χ1n) is 8.68. The molecule has 0 aliphatic carbocycles. The van der Waals surface area contributed by atoms with E-state index in [1.54, 1.807) is 12.4 Å². The van der Waals surface area contributed by atoms with Crippen molar-refractivity contribution < 1.29 is 4.79 Å². The Balaban J connectivity index is 1.51. The molecule has 1 unspecified atom stereocenters. The van der Waals surface area contributed by atoms with Gasteiger partial charge in [0.25, 0.3) is 0 Å². The molecule has 1 aliphatic heterocycles. The number of pyridine rings is 1. The van der Waals surface area contributed by atoms with E-state index in [1.165, 1.54) is 17.5 Å². The predicted molar refractivity (Wildman–Crippen MR) is 95.7 cm³/mol. The molecule has 2 heterocycles. The Labute approximate surface area is 143 Å². The molecular weight excluding hydrogens is 298 g/mol. The zero-order chi connectivity index (χ0) is 16.8. The second-order valence-electron chi connectivity index (χ2n) is 6.66. The number of carbonyl (C=O) groups is 1. The van der Waals surface area contributed by atoms with Crippen LogP contribution in [0.5, 0.6) is 0 Å². The van der Waals surface area contributed by atoms with Crippen LogP contribution in [0.25, 0.3) is 0 Å². The molecule has 1 aliphatic rings. The predicted octanol–water partition coefficient (Wildman–Crippen LogP) is 3.55. The molecule has 1 fully saturated rings. The Morgan fingerprint density at radius 3 is 2.67 bits per heavy atom. The monoisotopic (exact) mass is 323 g/mol. The molecule has 1 atom stereocenters. The summed E-state index contributed by atoms with van der Waals surface area (Å²) >= 11 is 0. The maximum Gasteiger partial charge on any atom is 0.317 e. The lowest BCUT2D eigenvalue weighted by Gasteiger charge is -2.33. The van der Waals surface area contributed by atoms with Gasteiger partial charge in [0.1, 0.15) is 0 Å². The van der Waals surface area contributed by atoms with E-state index in [0.29, 0.717) is 12.5 Å². The van der Waals surface area contributed by atoms with Gasteiger partial charge in [-0.1, -0.05) is 29.8 Å². The van der Waals surface area contributed by atoms with Crippen LogP contribution in [0, 0.1) is 12.8 Å². The number of rotatable bonds is 4. The average Bonchev–Trinajstić information content (AvgIpc) is 2.63. The van der Waals surface area contributed by atoms with Gasteiger partial charge in [-0.2, -0.15) is 0 Å². The second-order valence-corrected chi connectivity index (χ2v) is 6.66. The molecule has 0 bridgehead atoms. The zero-order valence-electron chi connectivity index (χ0n) is 14.2. The van der Waals surface area contributed by atoms with Gasteiger partial charge in [0.05, 0.1) is 0 Å². The Morgan fingerprint density at radius 2 is 1.92 bits per heavy atom. The van der Waals surface area contributed by atoms with Crippen molar-refractivity contribution in [3.8, 4) is 0 Å². The molecule has 0 spiro atoms. The number of aryl methyl sites for hydroxylation is 1. The van der Waals surface area contributed by atoms with Crippen molar-refractivity contribution in [3.63, 3.8) is 0 Å². The first-order valence-corrected chi connectivity index (χ1v) is 8.68. The summed E-state index contributed by atoms with van der Waals surface area (Å²) in [5.41, 5.74) is 3.73. The van der Waals surface area contributed by atoms with Crippen LogP contribution in [0.1, 0.15) is 29.5 Å². The Hall–Kier alpha value is -2.36. The number of hydrogen-bond acceptors (Lipinski definition) is 2. The number of nitrogens with zero attached hydrogens (tertiary/aromatic N) is 2. The molecule has 1 N–H and O–H groups in total. The number of carbonyl (C=O) groups excluding carboxylic acids is 1. The van der Waals surface area contributed by atoms with Crippen molar-refractivity contribution in [2.45, 2.75) is 32.7 Å². The summed E-state index contributed by atoms with van der Waals surface area (Å²) in [5, 5.41) is 3.02. The van der Waals surface area contributed by atoms with Crippen molar-refractivity contribution in [1.82, 2.24) is 15.2 Å². The highest BCUT2D eigenvalue weighted by molar-refractivity contribution is 5.74. The molecule has 4 heteroatoms. The van der Waals surface area contributed by atoms with Crippen LogP contribution in [0.2, 0.25) is 0 Å². The fourth-order valence-electron chi connectivity index (χ4n) is 3.26. The van der Waals surface area contributed by atoms with Gasteiger partial charge in [0.2, 0.25) is 0 Å². The minimum Gasteiger partial charge on any atom is -0.334 e. The van der Waals surface area contributed by atoms with Gasteiger partial charge in [0.15, 0.2) is 0 Å². The van der Waals surface area contributed by atoms with E-state index in [0.717, 1.165) is 31.5 Å². The minimum absolute atomic E-state index is 0.0421. The highest BCUT2D eigenvalue weighted by atomic mass is 16.2. The van der Waals surface area contributed by atoms with Crippen LogP contribution >= 0.6 is 0 Å². The summed E-state index contributed by atoms with van der Waals surface area (Å²) in [6.07, 6.45) is 6.83. The lowest BCUT2D eigenvalue weighted by Crippen LogP contribution is -2.45. The van der Waals surface area contributed by atoms with Crippen molar-refractivity contribution >= 4 is 6.03 Å². The van der Waals surface area contributed by atoms with Crippen LogP contribution in [0.4, 0.5) is 4.79 Å². The van der Waals surface area contributed by atoms with Crippen molar-refractivity contribution in [2.24, 2.45) is 5.92 Å². The molecule has 24 heavy (non-hydrogen) atoms. The van der Waals surface area contributed by atoms with Gasteiger partial charge in [0, 0.05) is 32.0 Å². The number of nitrogens with one attached hydrogen (secondary N) is 1. The van der Waals surface area contributed by atoms with Gasteiger partial charge in [-0.3, -0.25) is 4.98 Å². The van der Waals surface area contributed by atoms with Gasteiger partial charge < -0.3 is 10.2 Å². The molecular formula is C20H25N3O. The Morgan fingerprint density at radius 1 is 1.17 bits per heavy atom. The molecule has 4 nitrogen and oxygen atoms in total. The molecule has 2 amide bonds. The summed E-state index contributed by atoms with van der Waals surface area (Å²) in [6, 6.07) is 12.6. The summed E-state index contributed by atoms with van der Waals surface area (Å²) < 4.78 is 0. The lowest BCUT2D eigenvalue weighted by molar-refractivity contribution is 0.165. The minimum atomic E-state index is 0.0421. The standard InChI is InChI=1S/C20H25N3O/c1-16-4-6-17(7-5-16)13-19-3-2-12-23(15-19)20(24)22-14-18-8-10-21-11-9-18/h4-11,19H,2-3,12-15H2,1H3,(H,22,24). The quantitative estimate of drug-likeness (QED) is 0.935. The molecule has 1 saturated heterocycles. The van der Waals surface area contributed by atoms with E-state index in [9.17, 15) is 4.79 Å². The SMILES string of the molecule is Cc1ccc(CC2CCCN(C(=O)NCc3ccncc3)C2)cc1. The van der Waals surface area contributed by atoms with Crippen molar-refractivity contribution in [2.75, 3.05) is 13.1 Å². The first kappa shape index (κ1) is 16.5. The second kappa shape index (κ2) is 7.95. The van der Waals surface area contributed by atoms with E-state index in [-0.39, 0.29) is 6.03 Å². The third-order valence-electron chi connectivity index (χ3n) is 4.64. The fourth-order valence-corrected chi connectivity index (χ4v) is 3.26. The van der Waals surface area contributed by atoms with Crippen LogP contribution in [0.15, 0.2) is 48.8 Å².